The van der Waals surface area contributed by atoms with E-state index in [9.17, 15) is 0 Å². The fourth-order valence-electron chi connectivity index (χ4n) is 3.66. The van der Waals surface area contributed by atoms with Gasteiger partial charge in [0.05, 0.1) is 0 Å². The number of hydrogen-bond donors (Lipinski definition) is 0. The van der Waals surface area contributed by atoms with Gasteiger partial charge in [-0.25, -0.2) is 0 Å². The molecule has 0 fully saturated rings. The fraction of sp³-hybridized carbons (Fsp3) is 0.217. The van der Waals surface area contributed by atoms with Crippen LogP contribution in [0.4, 0.5) is 0 Å². The van der Waals surface area contributed by atoms with Crippen LogP contribution < -0.4 is 13.2 Å². The Balaban J connectivity index is 2.33. The molecule has 3 aromatic rings. The number of nitrogens with zero attached hydrogens (tertiary/aromatic N) is 1. The van der Waals surface area contributed by atoms with E-state index in [1.807, 2.05) is 0 Å². The molecular weight excluding hydrogens is 363 g/mol. The first-order chi connectivity index (χ1) is 11.9. The third kappa shape index (κ3) is 3.31. The van der Waals surface area contributed by atoms with Crippen LogP contribution >= 0.6 is 0 Å². The van der Waals surface area contributed by atoms with Crippen LogP contribution in [0.25, 0.3) is 0 Å². The van der Waals surface area contributed by atoms with Gasteiger partial charge < -0.3 is 0 Å². The monoisotopic (exact) mass is 391 g/mol. The summed E-state index contributed by atoms with van der Waals surface area (Å²) in [6.45, 7) is 6.48. The van der Waals surface area contributed by atoms with Gasteiger partial charge in [0.2, 0.25) is 0 Å². The van der Waals surface area contributed by atoms with Crippen LogP contribution in [0.5, 0.6) is 0 Å². The Morgan fingerprint density at radius 1 is 0.480 bits per heavy atom. The SMILES string of the molecule is Cc1cc[c]([Ge]([c]2ccc(C)cc2)([c]2ccc(C)cc2)[N](C)C)cc1. The van der Waals surface area contributed by atoms with Gasteiger partial charge in [0.1, 0.15) is 0 Å². The molecule has 0 aliphatic heterocycles. The van der Waals surface area contributed by atoms with Crippen molar-refractivity contribution < 1.29 is 0 Å². The minimum absolute atomic E-state index is 1.31. The molecule has 0 atom stereocenters. The van der Waals surface area contributed by atoms with Crippen LogP contribution in [0.1, 0.15) is 16.7 Å². The van der Waals surface area contributed by atoms with E-state index in [4.69, 9.17) is 0 Å². The predicted molar refractivity (Wildman–Crippen MR) is 112 cm³/mol. The summed E-state index contributed by atoms with van der Waals surface area (Å²) < 4.78 is 6.94. The molecular formula is C23H27GeN. The van der Waals surface area contributed by atoms with Gasteiger partial charge in [0.15, 0.2) is 0 Å². The zero-order chi connectivity index (χ0) is 18.0. The van der Waals surface area contributed by atoms with E-state index in [1.165, 1.54) is 29.9 Å². The average molecular weight is 390 g/mol. The second kappa shape index (κ2) is 7.19. The van der Waals surface area contributed by atoms with Crippen molar-refractivity contribution in [3.05, 3.63) is 89.5 Å². The Morgan fingerprint density at radius 2 is 0.720 bits per heavy atom. The Labute approximate surface area is 154 Å². The molecule has 1 nitrogen and oxygen atoms in total. The van der Waals surface area contributed by atoms with E-state index in [-0.39, 0.29) is 0 Å². The van der Waals surface area contributed by atoms with Gasteiger partial charge in [-0.3, -0.25) is 0 Å². The van der Waals surface area contributed by atoms with Crippen molar-refractivity contribution >= 4 is 26.7 Å². The molecule has 128 valence electrons. The standard InChI is InChI=1S/C23H27GeN/c1-18-6-12-21(13-7-18)24(25(4)5,22-14-8-19(2)9-15-22)23-16-10-20(3)11-17-23/h6-17H,1-5H3. The number of aryl methyl sites for hydroxylation is 3. The second-order valence-electron chi connectivity index (χ2n) is 7.20. The minimum atomic E-state index is -2.91. The summed E-state index contributed by atoms with van der Waals surface area (Å²) in [6.07, 6.45) is 0. The van der Waals surface area contributed by atoms with Crippen LogP contribution in [-0.4, -0.2) is 31.4 Å². The molecule has 0 aliphatic carbocycles. The molecule has 0 unspecified atom stereocenters. The van der Waals surface area contributed by atoms with Gasteiger partial charge in [-0.2, -0.15) is 0 Å². The van der Waals surface area contributed by atoms with Crippen molar-refractivity contribution in [1.29, 1.82) is 0 Å². The summed E-state index contributed by atoms with van der Waals surface area (Å²) in [5.41, 5.74) is 3.94. The molecule has 0 amide bonds. The zero-order valence-electron chi connectivity index (χ0n) is 15.9. The Bertz CT molecular complexity index is 720. The van der Waals surface area contributed by atoms with Crippen molar-refractivity contribution in [2.45, 2.75) is 20.8 Å². The summed E-state index contributed by atoms with van der Waals surface area (Å²) in [5.74, 6) is 0. The fourth-order valence-corrected chi connectivity index (χ4v) is 13.1. The molecule has 0 aromatic heterocycles. The normalized spacial score (nSPS) is 11.8. The molecule has 3 aromatic carbocycles. The van der Waals surface area contributed by atoms with E-state index < -0.39 is 13.5 Å². The van der Waals surface area contributed by atoms with Crippen LogP contribution in [0.3, 0.4) is 0 Å². The summed E-state index contributed by atoms with van der Waals surface area (Å²) in [7, 11) is 4.50. The van der Waals surface area contributed by atoms with Crippen molar-refractivity contribution in [3.8, 4) is 0 Å². The molecule has 0 N–H and O–H groups in total. The molecule has 0 heterocycles. The maximum absolute atomic E-state index is 2.91. The Hall–Kier alpha value is -1.84. The van der Waals surface area contributed by atoms with Gasteiger partial charge in [-0.15, -0.1) is 0 Å². The molecule has 0 spiro atoms. The van der Waals surface area contributed by atoms with E-state index in [1.54, 1.807) is 0 Å². The zero-order valence-corrected chi connectivity index (χ0v) is 18.0. The van der Waals surface area contributed by atoms with Gasteiger partial charge in [0.25, 0.3) is 0 Å². The van der Waals surface area contributed by atoms with Gasteiger partial charge in [-0.1, -0.05) is 0 Å². The average Bonchev–Trinajstić information content (AvgIpc) is 2.60. The van der Waals surface area contributed by atoms with Gasteiger partial charge in [0, 0.05) is 0 Å². The molecule has 0 aliphatic rings. The molecule has 0 radical (unpaired) electrons. The quantitative estimate of drug-likeness (QED) is 0.619. The predicted octanol–water partition coefficient (Wildman–Crippen LogP) is 3.14. The first-order valence-corrected chi connectivity index (χ1v) is 12.9. The summed E-state index contributed by atoms with van der Waals surface area (Å²) in [6, 6.07) is 27.6. The van der Waals surface area contributed by atoms with Gasteiger partial charge in [-0.05, 0) is 0 Å². The molecule has 0 saturated carbocycles. The first kappa shape index (κ1) is 18.0. The van der Waals surface area contributed by atoms with Crippen LogP contribution in [-0.2, 0) is 0 Å². The maximum atomic E-state index is 2.51. The summed E-state index contributed by atoms with van der Waals surface area (Å²) in [4.78, 5) is 0. The van der Waals surface area contributed by atoms with Crippen molar-refractivity contribution in [2.24, 2.45) is 0 Å². The van der Waals surface area contributed by atoms with E-state index in [0.29, 0.717) is 0 Å². The molecule has 0 bridgehead atoms. The van der Waals surface area contributed by atoms with E-state index >= 15 is 0 Å². The van der Waals surface area contributed by atoms with E-state index in [0.717, 1.165) is 0 Å². The first-order valence-electron chi connectivity index (χ1n) is 8.83. The molecule has 25 heavy (non-hydrogen) atoms. The molecule has 0 saturated heterocycles. The molecule has 2 heteroatoms. The summed E-state index contributed by atoms with van der Waals surface area (Å²) in [5, 5.41) is 0. The number of rotatable bonds is 4. The van der Waals surface area contributed by atoms with Gasteiger partial charge >= 0.3 is 155 Å². The Kier molecular flexibility index (Phi) is 5.17. The van der Waals surface area contributed by atoms with Crippen LogP contribution in [0.15, 0.2) is 72.8 Å². The number of benzene rings is 3. The topological polar surface area (TPSA) is 3.24 Å². The van der Waals surface area contributed by atoms with Crippen molar-refractivity contribution in [2.75, 3.05) is 14.1 Å². The van der Waals surface area contributed by atoms with Crippen molar-refractivity contribution in [3.63, 3.8) is 0 Å². The molecule has 3 rings (SSSR count). The van der Waals surface area contributed by atoms with E-state index in [2.05, 4.69) is 112 Å². The third-order valence-electron chi connectivity index (χ3n) is 5.08. The van der Waals surface area contributed by atoms with Crippen molar-refractivity contribution in [1.82, 2.24) is 3.86 Å². The van der Waals surface area contributed by atoms with Crippen LogP contribution in [0, 0.1) is 20.8 Å². The number of hydrogen-bond acceptors (Lipinski definition) is 1. The summed E-state index contributed by atoms with van der Waals surface area (Å²) >= 11 is -2.91. The third-order valence-corrected chi connectivity index (χ3v) is 15.3. The Morgan fingerprint density at radius 3 is 0.920 bits per heavy atom. The second-order valence-corrected chi connectivity index (χ2v) is 15.7. The van der Waals surface area contributed by atoms with Crippen LogP contribution in [0.2, 0.25) is 0 Å².